The molecule has 0 aliphatic heterocycles. The zero-order valence-corrected chi connectivity index (χ0v) is 10.8. The molecule has 6 heteroatoms. The van der Waals surface area contributed by atoms with E-state index in [2.05, 4.69) is 4.72 Å². The van der Waals surface area contributed by atoms with Crippen molar-refractivity contribution in [3.8, 4) is 0 Å². The topological polar surface area (TPSA) is 72.2 Å². The summed E-state index contributed by atoms with van der Waals surface area (Å²) in [6.45, 7) is 0.210. The Hall–Kier alpha value is -1.92. The molecule has 19 heavy (non-hydrogen) atoms. The largest absolute Gasteiger partial charge is 0.326 e. The molecule has 0 heterocycles. The molecule has 100 valence electrons. The molecule has 0 bridgehead atoms. The minimum absolute atomic E-state index is 0.126. The van der Waals surface area contributed by atoms with E-state index in [1.165, 1.54) is 18.2 Å². The van der Waals surface area contributed by atoms with Crippen LogP contribution in [0.3, 0.4) is 0 Å². The Balaban J connectivity index is 2.37. The Morgan fingerprint density at radius 2 is 1.84 bits per heavy atom. The van der Waals surface area contributed by atoms with Gasteiger partial charge in [-0.25, -0.2) is 12.8 Å². The maximum Gasteiger partial charge on any atom is 0.262 e. The van der Waals surface area contributed by atoms with Crippen molar-refractivity contribution in [3.63, 3.8) is 0 Å². The minimum Gasteiger partial charge on any atom is -0.326 e. The van der Waals surface area contributed by atoms with Crippen molar-refractivity contribution in [2.75, 3.05) is 4.72 Å². The molecule has 0 amide bonds. The molecular formula is C13H13FN2O2S. The second-order valence-electron chi connectivity index (χ2n) is 3.92. The Bertz CT molecular complexity index is 687. The lowest BCUT2D eigenvalue weighted by atomic mass is 10.2. The second-order valence-corrected chi connectivity index (χ2v) is 5.61. The smallest absolute Gasteiger partial charge is 0.262 e. The van der Waals surface area contributed by atoms with E-state index in [1.54, 1.807) is 24.3 Å². The molecule has 0 fully saturated rings. The monoisotopic (exact) mass is 280 g/mol. The van der Waals surface area contributed by atoms with Crippen LogP contribution in [-0.2, 0) is 16.6 Å². The highest BCUT2D eigenvalue weighted by atomic mass is 32.2. The number of nitrogens with two attached hydrogens (primary N) is 1. The molecule has 0 aromatic heterocycles. The Morgan fingerprint density at radius 1 is 1.11 bits per heavy atom. The van der Waals surface area contributed by atoms with Crippen molar-refractivity contribution >= 4 is 15.7 Å². The average Bonchev–Trinajstić information content (AvgIpc) is 2.39. The molecule has 0 radical (unpaired) electrons. The van der Waals surface area contributed by atoms with Gasteiger partial charge in [0, 0.05) is 6.54 Å². The molecule has 0 unspecified atom stereocenters. The molecule has 0 saturated carbocycles. The quantitative estimate of drug-likeness (QED) is 0.900. The first kappa shape index (κ1) is 13.5. The molecule has 0 aliphatic rings. The van der Waals surface area contributed by atoms with Gasteiger partial charge in [0.05, 0.1) is 10.6 Å². The Kier molecular flexibility index (Phi) is 3.82. The zero-order valence-electron chi connectivity index (χ0n) is 10.0. The maximum absolute atomic E-state index is 13.1. The zero-order chi connectivity index (χ0) is 13.9. The number of halogens is 1. The van der Waals surface area contributed by atoms with Crippen LogP contribution in [0.5, 0.6) is 0 Å². The van der Waals surface area contributed by atoms with Gasteiger partial charge in [0.15, 0.2) is 0 Å². The minimum atomic E-state index is -3.81. The summed E-state index contributed by atoms with van der Waals surface area (Å²) in [7, 11) is -3.81. The third kappa shape index (κ3) is 3.10. The van der Waals surface area contributed by atoms with Crippen molar-refractivity contribution in [3.05, 3.63) is 59.9 Å². The first-order valence-corrected chi connectivity index (χ1v) is 7.07. The number of para-hydroxylation sites is 1. The van der Waals surface area contributed by atoms with Gasteiger partial charge in [-0.3, -0.25) is 4.72 Å². The standard InChI is InChI=1S/C13H13FN2O2S/c14-11-5-3-6-12(8-11)19(17,18)16-13-7-2-1-4-10(13)9-15/h1-8,16H,9,15H2. The third-order valence-corrected chi connectivity index (χ3v) is 3.95. The summed E-state index contributed by atoms with van der Waals surface area (Å²) in [6.07, 6.45) is 0. The van der Waals surface area contributed by atoms with Crippen LogP contribution in [0.15, 0.2) is 53.4 Å². The fourth-order valence-corrected chi connectivity index (χ4v) is 2.77. The van der Waals surface area contributed by atoms with E-state index in [0.29, 0.717) is 11.3 Å². The van der Waals surface area contributed by atoms with E-state index in [1.807, 2.05) is 0 Å². The number of rotatable bonds is 4. The summed E-state index contributed by atoms with van der Waals surface area (Å²) in [5.41, 5.74) is 6.60. The van der Waals surface area contributed by atoms with Gasteiger partial charge in [-0.1, -0.05) is 24.3 Å². The predicted molar refractivity (Wildman–Crippen MR) is 71.5 cm³/mol. The van der Waals surface area contributed by atoms with Crippen LogP contribution in [-0.4, -0.2) is 8.42 Å². The molecule has 0 spiro atoms. The summed E-state index contributed by atoms with van der Waals surface area (Å²) in [4.78, 5) is -0.126. The van der Waals surface area contributed by atoms with E-state index < -0.39 is 15.8 Å². The summed E-state index contributed by atoms with van der Waals surface area (Å²) in [6, 6.07) is 11.6. The van der Waals surface area contributed by atoms with Crippen LogP contribution in [0.1, 0.15) is 5.56 Å². The number of sulfonamides is 1. The lowest BCUT2D eigenvalue weighted by molar-refractivity contribution is 0.595. The van der Waals surface area contributed by atoms with E-state index in [4.69, 9.17) is 5.73 Å². The van der Waals surface area contributed by atoms with Gasteiger partial charge in [0.2, 0.25) is 0 Å². The van der Waals surface area contributed by atoms with Gasteiger partial charge >= 0.3 is 0 Å². The number of anilines is 1. The molecular weight excluding hydrogens is 267 g/mol. The van der Waals surface area contributed by atoms with Crippen LogP contribution in [0.4, 0.5) is 10.1 Å². The highest BCUT2D eigenvalue weighted by Crippen LogP contribution is 2.20. The lowest BCUT2D eigenvalue weighted by Crippen LogP contribution is -2.15. The van der Waals surface area contributed by atoms with Gasteiger partial charge in [0.25, 0.3) is 10.0 Å². The van der Waals surface area contributed by atoms with Crippen molar-refractivity contribution in [1.29, 1.82) is 0 Å². The lowest BCUT2D eigenvalue weighted by Gasteiger charge is -2.11. The Morgan fingerprint density at radius 3 is 2.53 bits per heavy atom. The maximum atomic E-state index is 13.1. The molecule has 2 aromatic rings. The molecule has 2 aromatic carbocycles. The molecule has 2 rings (SSSR count). The second kappa shape index (κ2) is 5.38. The third-order valence-electron chi connectivity index (χ3n) is 2.59. The van der Waals surface area contributed by atoms with Crippen molar-refractivity contribution < 1.29 is 12.8 Å². The fourth-order valence-electron chi connectivity index (χ4n) is 1.64. The fraction of sp³-hybridized carbons (Fsp3) is 0.0769. The summed E-state index contributed by atoms with van der Waals surface area (Å²) >= 11 is 0. The highest BCUT2D eigenvalue weighted by molar-refractivity contribution is 7.92. The molecule has 0 aliphatic carbocycles. The average molecular weight is 280 g/mol. The summed E-state index contributed by atoms with van der Waals surface area (Å²) in [5.74, 6) is -0.602. The number of hydrogen-bond acceptors (Lipinski definition) is 3. The number of nitrogens with one attached hydrogen (secondary N) is 1. The highest BCUT2D eigenvalue weighted by Gasteiger charge is 2.15. The van der Waals surface area contributed by atoms with E-state index >= 15 is 0 Å². The van der Waals surface area contributed by atoms with Crippen molar-refractivity contribution in [1.82, 2.24) is 0 Å². The first-order chi connectivity index (χ1) is 9.03. The van der Waals surface area contributed by atoms with Gasteiger partial charge in [-0.15, -0.1) is 0 Å². The SMILES string of the molecule is NCc1ccccc1NS(=O)(=O)c1cccc(F)c1. The Labute approximate surface area is 111 Å². The van der Waals surface area contributed by atoms with Crippen LogP contribution >= 0.6 is 0 Å². The molecule has 3 N–H and O–H groups in total. The van der Waals surface area contributed by atoms with E-state index in [-0.39, 0.29) is 11.4 Å². The molecule has 4 nitrogen and oxygen atoms in total. The summed E-state index contributed by atoms with van der Waals surface area (Å²) < 4.78 is 39.7. The van der Waals surface area contributed by atoms with Crippen LogP contribution in [0, 0.1) is 5.82 Å². The van der Waals surface area contributed by atoms with Gasteiger partial charge < -0.3 is 5.73 Å². The van der Waals surface area contributed by atoms with Gasteiger partial charge in [-0.2, -0.15) is 0 Å². The summed E-state index contributed by atoms with van der Waals surface area (Å²) in [5, 5.41) is 0. The normalized spacial score (nSPS) is 11.3. The van der Waals surface area contributed by atoms with Crippen LogP contribution < -0.4 is 10.5 Å². The van der Waals surface area contributed by atoms with E-state index in [9.17, 15) is 12.8 Å². The number of hydrogen-bond donors (Lipinski definition) is 2. The van der Waals surface area contributed by atoms with Gasteiger partial charge in [0.1, 0.15) is 5.82 Å². The number of benzene rings is 2. The predicted octanol–water partition coefficient (Wildman–Crippen LogP) is 2.09. The van der Waals surface area contributed by atoms with E-state index in [0.717, 1.165) is 6.07 Å². The molecule has 0 atom stereocenters. The van der Waals surface area contributed by atoms with Crippen LogP contribution in [0.2, 0.25) is 0 Å². The van der Waals surface area contributed by atoms with Crippen molar-refractivity contribution in [2.45, 2.75) is 11.4 Å². The van der Waals surface area contributed by atoms with Crippen molar-refractivity contribution in [2.24, 2.45) is 5.73 Å². The van der Waals surface area contributed by atoms with Gasteiger partial charge in [-0.05, 0) is 29.8 Å². The van der Waals surface area contributed by atoms with Crippen LogP contribution in [0.25, 0.3) is 0 Å². The molecule has 0 saturated heterocycles. The first-order valence-electron chi connectivity index (χ1n) is 5.59.